The number of benzene rings is 1. The molecule has 10 heteroatoms. The molecule has 1 aromatic heterocycles. The van der Waals surface area contributed by atoms with E-state index in [4.69, 9.17) is 21.3 Å². The van der Waals surface area contributed by atoms with E-state index in [1.807, 2.05) is 0 Å². The van der Waals surface area contributed by atoms with E-state index in [1.54, 1.807) is 0 Å². The standard InChI is InChI=1S/C12H12AtFN4O4/c1-22-10-6(11(16)19)7(13)8(14)5-4(17-18-9(5)10)2-3(15)12(20)21/h3H,2,15H2,1H3,(H2,16,19)(H,17,18)(H,20,21). The Labute approximate surface area is 138 Å². The first-order valence-electron chi connectivity index (χ1n) is 5.99. The third-order valence-corrected chi connectivity index (χ3v) is 4.49. The summed E-state index contributed by atoms with van der Waals surface area (Å²) in [6.07, 6.45) is -0.145. The number of nitrogens with two attached hydrogens (primary N) is 2. The van der Waals surface area contributed by atoms with Gasteiger partial charge in [-0.05, 0) is 0 Å². The van der Waals surface area contributed by atoms with E-state index in [0.29, 0.717) is 0 Å². The maximum atomic E-state index is 14.6. The van der Waals surface area contributed by atoms with Gasteiger partial charge in [-0.15, -0.1) is 0 Å². The summed E-state index contributed by atoms with van der Waals surface area (Å²) in [4.78, 5) is 22.4. The predicted molar refractivity (Wildman–Crippen MR) is 70.1 cm³/mol. The summed E-state index contributed by atoms with van der Waals surface area (Å²) in [6, 6.07) is -1.21. The van der Waals surface area contributed by atoms with Crippen molar-refractivity contribution < 1.29 is 48.5 Å². The molecule has 2 rings (SSSR count). The number of hydrogen-bond acceptors (Lipinski definition) is 5. The number of aromatic amines is 1. The molecule has 0 aliphatic rings. The number of carboxylic acid groups (broad SMARTS) is 1. The number of nitrogens with zero attached hydrogens (tertiary/aromatic N) is 1. The molecule has 1 heterocycles. The molecule has 8 nitrogen and oxygen atoms in total. The number of ether oxygens (including phenoxy) is 1. The number of rotatable bonds is 5. The molecule has 2 aromatic rings. The number of methoxy groups -OCH3 is 1. The summed E-state index contributed by atoms with van der Waals surface area (Å²) in [6.45, 7) is 0. The van der Waals surface area contributed by atoms with Gasteiger partial charge in [-0.1, -0.05) is 0 Å². The van der Waals surface area contributed by atoms with Crippen molar-refractivity contribution in [1.29, 1.82) is 0 Å². The molecule has 0 aliphatic heterocycles. The van der Waals surface area contributed by atoms with Crippen molar-refractivity contribution in [3.63, 3.8) is 0 Å². The molecule has 0 saturated carbocycles. The first-order valence-corrected chi connectivity index (χ1v) is 7.46. The fourth-order valence-electron chi connectivity index (χ4n) is 2.09. The summed E-state index contributed by atoms with van der Waals surface area (Å²) < 4.78 is 19.8. The molecule has 0 fully saturated rings. The van der Waals surface area contributed by atoms with Crippen LogP contribution in [0.25, 0.3) is 10.9 Å². The van der Waals surface area contributed by atoms with Gasteiger partial charge in [0.15, 0.2) is 0 Å². The number of H-pyrrole nitrogens is 1. The summed E-state index contributed by atoms with van der Waals surface area (Å²) in [5, 5.41) is 15.4. The van der Waals surface area contributed by atoms with Crippen LogP contribution in [-0.4, -0.2) is 40.3 Å². The van der Waals surface area contributed by atoms with E-state index in [9.17, 15) is 14.0 Å². The van der Waals surface area contributed by atoms with Gasteiger partial charge in [0.2, 0.25) is 0 Å². The second kappa shape index (κ2) is 6.14. The minimum absolute atomic E-state index is 0.0489. The number of carboxylic acids is 1. The number of aliphatic carboxylic acids is 1. The van der Waals surface area contributed by atoms with Crippen molar-refractivity contribution in [3.8, 4) is 5.75 Å². The molecule has 1 aromatic carbocycles. The summed E-state index contributed by atoms with van der Waals surface area (Å²) in [5.74, 6) is -2.69. The van der Waals surface area contributed by atoms with Crippen LogP contribution in [0, 0.1) is 30.5 Å². The molecule has 0 saturated heterocycles. The van der Waals surface area contributed by atoms with E-state index in [0.717, 1.165) is 24.7 Å². The van der Waals surface area contributed by atoms with Gasteiger partial charge in [0.1, 0.15) is 0 Å². The number of primary amides is 1. The SMILES string of the molecule is COc1c(C(N)=O)c([At])c(F)c2c(CC(N)C(=O)O)[nH]nc12. The van der Waals surface area contributed by atoms with Gasteiger partial charge >= 0.3 is 139 Å². The molecule has 0 bridgehead atoms. The molecule has 1 unspecified atom stereocenters. The molecule has 0 spiro atoms. The van der Waals surface area contributed by atoms with E-state index in [-0.39, 0.29) is 37.6 Å². The molecule has 1 amide bonds. The number of aromatic nitrogens is 2. The van der Waals surface area contributed by atoms with Crippen LogP contribution >= 0.6 is 0 Å². The number of nitrogens with one attached hydrogen (secondary N) is 1. The van der Waals surface area contributed by atoms with Crippen LogP contribution in [-0.2, 0) is 11.2 Å². The van der Waals surface area contributed by atoms with E-state index < -0.39 is 23.7 Å². The van der Waals surface area contributed by atoms with Crippen LogP contribution in [0.2, 0.25) is 0 Å². The molecular formula is C12H12AtFN4O4. The van der Waals surface area contributed by atoms with Crippen LogP contribution in [0.1, 0.15) is 16.1 Å². The van der Waals surface area contributed by atoms with Crippen LogP contribution < -0.4 is 19.5 Å². The van der Waals surface area contributed by atoms with Gasteiger partial charge in [0, 0.05) is 0 Å². The Morgan fingerprint density at radius 1 is 1.55 bits per heavy atom. The molecule has 118 valence electrons. The van der Waals surface area contributed by atoms with E-state index in [1.165, 1.54) is 7.11 Å². The quantitative estimate of drug-likeness (QED) is 0.408. The zero-order valence-electron chi connectivity index (χ0n) is 11.3. The van der Waals surface area contributed by atoms with Crippen LogP contribution in [0.15, 0.2) is 0 Å². The fourth-order valence-corrected chi connectivity index (χ4v) is 3.15. The summed E-state index contributed by atoms with van der Waals surface area (Å²) >= 11 is 0.911. The Bertz CT molecular complexity index is 776. The first-order chi connectivity index (χ1) is 10.3. The third-order valence-electron chi connectivity index (χ3n) is 3.11. The van der Waals surface area contributed by atoms with Crippen LogP contribution in [0.3, 0.4) is 0 Å². The molecule has 6 N–H and O–H groups in total. The Morgan fingerprint density at radius 2 is 2.18 bits per heavy atom. The molecule has 22 heavy (non-hydrogen) atoms. The molecule has 1 atom stereocenters. The number of carbonyl (C=O) groups is 2. The number of amides is 1. The average molecular weight is 505 g/mol. The number of hydrogen-bond donors (Lipinski definition) is 4. The molecule has 0 aliphatic carbocycles. The Hall–Kier alpha value is -1.80. The van der Waals surface area contributed by atoms with Crippen LogP contribution in [0.5, 0.6) is 5.75 Å². The van der Waals surface area contributed by atoms with E-state index >= 15 is 0 Å². The second-order valence-corrected chi connectivity index (χ2v) is 5.94. The van der Waals surface area contributed by atoms with Crippen molar-refractivity contribution in [2.75, 3.05) is 7.11 Å². The third kappa shape index (κ3) is 2.64. The van der Waals surface area contributed by atoms with Crippen molar-refractivity contribution >= 4 is 26.1 Å². The first kappa shape index (κ1) is 16.6. The zero-order chi connectivity index (χ0) is 16.6. The molecular weight excluding hydrogens is 493 g/mol. The average Bonchev–Trinajstić information content (AvgIpc) is 2.85. The maximum absolute atomic E-state index is 14.6. The van der Waals surface area contributed by atoms with Gasteiger partial charge in [0.25, 0.3) is 0 Å². The fraction of sp³-hybridized carbons (Fsp3) is 0.250. The monoisotopic (exact) mass is 505 g/mol. The molecule has 0 radical (unpaired) electrons. The number of fused-ring (bicyclic) bond motifs is 1. The van der Waals surface area contributed by atoms with Gasteiger partial charge in [-0.2, -0.15) is 0 Å². The van der Waals surface area contributed by atoms with Gasteiger partial charge in [0.05, 0.1) is 0 Å². The summed E-state index contributed by atoms with van der Waals surface area (Å²) in [5.41, 5.74) is 10.9. The van der Waals surface area contributed by atoms with Crippen molar-refractivity contribution in [2.24, 2.45) is 11.5 Å². The predicted octanol–water partition coefficient (Wildman–Crippen LogP) is -1.06. The zero-order valence-corrected chi connectivity index (χ0v) is 14.3. The Balaban J connectivity index is 2.74. The minimum atomic E-state index is -1.22. The second-order valence-electron chi connectivity index (χ2n) is 4.48. The van der Waals surface area contributed by atoms with E-state index in [2.05, 4.69) is 10.2 Å². The summed E-state index contributed by atoms with van der Waals surface area (Å²) in [7, 11) is 1.31. The van der Waals surface area contributed by atoms with Crippen molar-refractivity contribution in [3.05, 3.63) is 17.1 Å². The Kier molecular flexibility index (Phi) is 4.62. The van der Waals surface area contributed by atoms with Crippen molar-refractivity contribution in [2.45, 2.75) is 12.5 Å². The van der Waals surface area contributed by atoms with Crippen molar-refractivity contribution in [1.82, 2.24) is 10.2 Å². The van der Waals surface area contributed by atoms with Gasteiger partial charge < -0.3 is 0 Å². The number of halogens is 1. The van der Waals surface area contributed by atoms with Gasteiger partial charge in [-0.3, -0.25) is 0 Å². The Morgan fingerprint density at radius 3 is 2.68 bits per heavy atom. The van der Waals surface area contributed by atoms with Gasteiger partial charge in [-0.25, -0.2) is 0 Å². The number of carbonyl (C=O) groups excluding carboxylic acids is 1. The normalized spacial score (nSPS) is 12.4. The topological polar surface area (TPSA) is 144 Å². The van der Waals surface area contributed by atoms with Crippen LogP contribution in [0.4, 0.5) is 4.39 Å².